The van der Waals surface area contributed by atoms with Crippen molar-refractivity contribution in [3.8, 4) is 0 Å². The third kappa shape index (κ3) is 2.98. The first-order chi connectivity index (χ1) is 8.38. The summed E-state index contributed by atoms with van der Waals surface area (Å²) < 4.78 is 38.8. The summed E-state index contributed by atoms with van der Waals surface area (Å²) in [4.78, 5) is 1.97. The number of nitrogens with one attached hydrogen (secondary N) is 1. The molecule has 1 atom stereocenters. The zero-order chi connectivity index (χ0) is 13.3. The van der Waals surface area contributed by atoms with E-state index in [0.29, 0.717) is 23.2 Å². The van der Waals surface area contributed by atoms with E-state index in [1.165, 1.54) is 12.1 Å². The molecule has 1 saturated heterocycles. The van der Waals surface area contributed by atoms with Crippen molar-refractivity contribution >= 4 is 21.6 Å². The van der Waals surface area contributed by atoms with Gasteiger partial charge in [0, 0.05) is 30.1 Å². The third-order valence-corrected chi connectivity index (χ3v) is 3.65. The average molecular weight is 323 g/mol. The Balaban J connectivity index is 2.31. The van der Waals surface area contributed by atoms with Crippen LogP contribution in [0.15, 0.2) is 22.7 Å². The maximum absolute atomic E-state index is 12.7. The number of anilines is 1. The van der Waals surface area contributed by atoms with E-state index in [2.05, 4.69) is 21.2 Å². The van der Waals surface area contributed by atoms with E-state index in [4.69, 9.17) is 0 Å². The van der Waals surface area contributed by atoms with Crippen LogP contribution < -0.4 is 10.2 Å². The van der Waals surface area contributed by atoms with Gasteiger partial charge >= 0.3 is 6.18 Å². The third-order valence-electron chi connectivity index (χ3n) is 2.98. The lowest BCUT2D eigenvalue weighted by atomic mass is 10.1. The molecular weight excluding hydrogens is 309 g/mol. The number of alkyl halides is 3. The van der Waals surface area contributed by atoms with Gasteiger partial charge in [0.2, 0.25) is 0 Å². The standard InChI is InChI=1S/C12H14BrF3N2/c1-8-7-18(5-4-17-8)11-6-9(12(14,15)16)2-3-10(11)13/h2-3,6,8,17H,4-5,7H2,1H3. The topological polar surface area (TPSA) is 15.3 Å². The summed E-state index contributed by atoms with van der Waals surface area (Å²) in [6, 6.07) is 4.05. The molecule has 0 amide bonds. The molecule has 2 rings (SSSR count). The molecule has 0 aliphatic carbocycles. The van der Waals surface area contributed by atoms with E-state index in [1.807, 2.05) is 11.8 Å². The van der Waals surface area contributed by atoms with Gasteiger partial charge in [-0.15, -0.1) is 0 Å². The van der Waals surface area contributed by atoms with Crippen molar-refractivity contribution < 1.29 is 13.2 Å². The van der Waals surface area contributed by atoms with E-state index in [0.717, 1.165) is 12.6 Å². The lowest BCUT2D eigenvalue weighted by molar-refractivity contribution is -0.137. The molecule has 6 heteroatoms. The first kappa shape index (κ1) is 13.7. The van der Waals surface area contributed by atoms with Crippen LogP contribution in [0, 0.1) is 0 Å². The molecule has 1 N–H and O–H groups in total. The van der Waals surface area contributed by atoms with E-state index in [9.17, 15) is 13.2 Å². The Labute approximate surface area is 112 Å². The second kappa shape index (κ2) is 5.09. The van der Waals surface area contributed by atoms with Crippen molar-refractivity contribution in [1.82, 2.24) is 5.32 Å². The molecule has 0 saturated carbocycles. The second-order valence-electron chi connectivity index (χ2n) is 4.47. The van der Waals surface area contributed by atoms with Gasteiger partial charge in [0.1, 0.15) is 0 Å². The predicted molar refractivity (Wildman–Crippen MR) is 68.8 cm³/mol. The highest BCUT2D eigenvalue weighted by molar-refractivity contribution is 9.10. The summed E-state index contributed by atoms with van der Waals surface area (Å²) >= 11 is 3.32. The van der Waals surface area contributed by atoms with E-state index in [1.54, 1.807) is 0 Å². The normalized spacial score (nSPS) is 21.2. The minimum atomic E-state index is -4.30. The molecule has 1 aliphatic heterocycles. The molecule has 2 nitrogen and oxygen atoms in total. The number of halogens is 4. The van der Waals surface area contributed by atoms with Crippen molar-refractivity contribution in [1.29, 1.82) is 0 Å². The Bertz CT molecular complexity index is 434. The van der Waals surface area contributed by atoms with Gasteiger partial charge in [0.15, 0.2) is 0 Å². The quantitative estimate of drug-likeness (QED) is 0.853. The average Bonchev–Trinajstić information content (AvgIpc) is 2.28. The van der Waals surface area contributed by atoms with Crippen LogP contribution in [0.5, 0.6) is 0 Å². The fourth-order valence-electron chi connectivity index (χ4n) is 2.08. The number of nitrogens with zero attached hydrogens (tertiary/aromatic N) is 1. The largest absolute Gasteiger partial charge is 0.416 e. The Morgan fingerprint density at radius 2 is 2.11 bits per heavy atom. The van der Waals surface area contributed by atoms with Crippen LogP contribution in [0.4, 0.5) is 18.9 Å². The summed E-state index contributed by atoms with van der Waals surface area (Å²) in [6.07, 6.45) is -4.30. The summed E-state index contributed by atoms with van der Waals surface area (Å²) in [5, 5.41) is 3.27. The number of piperazine rings is 1. The summed E-state index contributed by atoms with van der Waals surface area (Å²) in [5.41, 5.74) is 0.00469. The number of rotatable bonds is 1. The van der Waals surface area contributed by atoms with Gasteiger partial charge in [-0.05, 0) is 41.1 Å². The molecular formula is C12H14BrF3N2. The molecule has 0 aromatic heterocycles. The summed E-state index contributed by atoms with van der Waals surface area (Å²) in [7, 11) is 0. The van der Waals surface area contributed by atoms with Crippen molar-refractivity contribution in [2.75, 3.05) is 24.5 Å². The van der Waals surface area contributed by atoms with Gasteiger partial charge in [-0.25, -0.2) is 0 Å². The first-order valence-corrected chi connectivity index (χ1v) is 6.52. The van der Waals surface area contributed by atoms with Gasteiger partial charge in [-0.3, -0.25) is 0 Å². The van der Waals surface area contributed by atoms with Crippen LogP contribution in [0.2, 0.25) is 0 Å². The van der Waals surface area contributed by atoms with Crippen LogP contribution >= 0.6 is 15.9 Å². The van der Waals surface area contributed by atoms with Crippen LogP contribution in [0.25, 0.3) is 0 Å². The number of benzene rings is 1. The zero-order valence-electron chi connectivity index (χ0n) is 9.89. The SMILES string of the molecule is CC1CN(c2cc(C(F)(F)F)ccc2Br)CCN1. The van der Waals surface area contributed by atoms with Gasteiger partial charge in [-0.2, -0.15) is 13.2 Å². The summed E-state index contributed by atoms with van der Waals surface area (Å²) in [6.45, 7) is 4.22. The molecule has 1 aromatic rings. The summed E-state index contributed by atoms with van der Waals surface area (Å²) in [5.74, 6) is 0. The highest BCUT2D eigenvalue weighted by Gasteiger charge is 2.31. The lowest BCUT2D eigenvalue weighted by Gasteiger charge is -2.34. The maximum atomic E-state index is 12.7. The molecule has 18 heavy (non-hydrogen) atoms. The molecule has 1 aromatic carbocycles. The molecule has 0 bridgehead atoms. The Morgan fingerprint density at radius 3 is 2.72 bits per heavy atom. The fraction of sp³-hybridized carbons (Fsp3) is 0.500. The Kier molecular flexibility index (Phi) is 3.87. The second-order valence-corrected chi connectivity index (χ2v) is 5.32. The number of hydrogen-bond donors (Lipinski definition) is 1. The van der Waals surface area contributed by atoms with Gasteiger partial charge < -0.3 is 10.2 Å². The monoisotopic (exact) mass is 322 g/mol. The van der Waals surface area contributed by atoms with E-state index >= 15 is 0 Å². The van der Waals surface area contributed by atoms with Gasteiger partial charge in [-0.1, -0.05) is 0 Å². The lowest BCUT2D eigenvalue weighted by Crippen LogP contribution is -2.49. The fourth-order valence-corrected chi connectivity index (χ4v) is 2.58. The Hall–Kier alpha value is -0.750. The van der Waals surface area contributed by atoms with Crippen LogP contribution in [0.1, 0.15) is 12.5 Å². The molecule has 1 fully saturated rings. The van der Waals surface area contributed by atoms with Gasteiger partial charge in [0.05, 0.1) is 11.3 Å². The number of hydrogen-bond acceptors (Lipinski definition) is 2. The van der Waals surface area contributed by atoms with Crippen molar-refractivity contribution in [2.45, 2.75) is 19.1 Å². The van der Waals surface area contributed by atoms with Crippen LogP contribution in [-0.2, 0) is 6.18 Å². The molecule has 0 radical (unpaired) electrons. The highest BCUT2D eigenvalue weighted by Crippen LogP contribution is 2.35. The molecule has 1 unspecified atom stereocenters. The van der Waals surface area contributed by atoms with Crippen molar-refractivity contribution in [2.24, 2.45) is 0 Å². The van der Waals surface area contributed by atoms with Crippen LogP contribution in [0.3, 0.4) is 0 Å². The van der Waals surface area contributed by atoms with Crippen LogP contribution in [-0.4, -0.2) is 25.7 Å². The zero-order valence-corrected chi connectivity index (χ0v) is 11.5. The van der Waals surface area contributed by atoms with E-state index < -0.39 is 11.7 Å². The highest BCUT2D eigenvalue weighted by atomic mass is 79.9. The minimum Gasteiger partial charge on any atom is -0.368 e. The molecule has 100 valence electrons. The van der Waals surface area contributed by atoms with Crippen molar-refractivity contribution in [3.05, 3.63) is 28.2 Å². The molecule has 1 aliphatic rings. The van der Waals surface area contributed by atoms with Gasteiger partial charge in [0.25, 0.3) is 0 Å². The van der Waals surface area contributed by atoms with E-state index in [-0.39, 0.29) is 6.04 Å². The predicted octanol–water partition coefficient (Wildman–Crippen LogP) is 3.27. The molecule has 1 heterocycles. The molecule has 0 spiro atoms. The maximum Gasteiger partial charge on any atom is 0.416 e. The Morgan fingerprint density at radius 1 is 1.39 bits per heavy atom. The minimum absolute atomic E-state index is 0.278. The smallest absolute Gasteiger partial charge is 0.368 e. The van der Waals surface area contributed by atoms with Crippen molar-refractivity contribution in [3.63, 3.8) is 0 Å². The first-order valence-electron chi connectivity index (χ1n) is 5.73.